The average molecular weight is 333 g/mol. The Morgan fingerprint density at radius 3 is 2.84 bits per heavy atom. The number of nitrogens with zero attached hydrogens (tertiary/aromatic N) is 1. The summed E-state index contributed by atoms with van der Waals surface area (Å²) in [4.78, 5) is 2.06. The summed E-state index contributed by atoms with van der Waals surface area (Å²) < 4.78 is 19.9. The monoisotopic (exact) mass is 332 g/mol. The van der Waals surface area contributed by atoms with Gasteiger partial charge in [0, 0.05) is 22.6 Å². The van der Waals surface area contributed by atoms with Gasteiger partial charge in [-0.05, 0) is 32.0 Å². The second kappa shape index (κ2) is 5.64. The minimum absolute atomic E-state index is 0.0836. The van der Waals surface area contributed by atoms with Crippen molar-refractivity contribution >= 4 is 15.9 Å². The second-order valence-corrected chi connectivity index (χ2v) is 5.78. The van der Waals surface area contributed by atoms with E-state index in [1.807, 2.05) is 7.05 Å². The zero-order valence-electron chi connectivity index (χ0n) is 11.0. The van der Waals surface area contributed by atoms with Gasteiger partial charge in [0.15, 0.2) is 17.3 Å². The first-order valence-corrected chi connectivity index (χ1v) is 6.94. The van der Waals surface area contributed by atoms with Gasteiger partial charge in [-0.25, -0.2) is 4.39 Å². The van der Waals surface area contributed by atoms with Crippen LogP contribution in [0.3, 0.4) is 0 Å². The summed E-state index contributed by atoms with van der Waals surface area (Å²) in [6, 6.07) is 1.51. The van der Waals surface area contributed by atoms with Gasteiger partial charge in [-0.15, -0.1) is 0 Å². The smallest absolute Gasteiger partial charge is 0.194 e. The maximum Gasteiger partial charge on any atom is 0.194 e. The number of phenols is 1. The number of halogens is 2. The van der Waals surface area contributed by atoms with Crippen molar-refractivity contribution < 1.29 is 14.2 Å². The van der Waals surface area contributed by atoms with Gasteiger partial charge in [0.25, 0.3) is 0 Å². The summed E-state index contributed by atoms with van der Waals surface area (Å²) in [5, 5.41) is 9.81. The number of hydrogen-bond acceptors (Lipinski definition) is 4. The van der Waals surface area contributed by atoms with Gasteiger partial charge in [0.05, 0.1) is 7.11 Å². The van der Waals surface area contributed by atoms with E-state index in [1.165, 1.54) is 7.11 Å². The predicted octanol–water partition coefficient (Wildman–Crippen LogP) is 2.25. The Kier molecular flexibility index (Phi) is 4.32. The van der Waals surface area contributed by atoms with E-state index in [0.717, 1.165) is 13.0 Å². The molecule has 1 heterocycles. The second-order valence-electron chi connectivity index (χ2n) is 4.93. The van der Waals surface area contributed by atoms with Crippen molar-refractivity contribution in [2.75, 3.05) is 27.2 Å². The fraction of sp³-hybridized carbons (Fsp3) is 0.538. The summed E-state index contributed by atoms with van der Waals surface area (Å²) in [6.07, 6.45) is 0.786. The number of phenolic OH excluding ortho intramolecular Hbond substituents is 1. The lowest BCUT2D eigenvalue weighted by Crippen LogP contribution is -2.21. The van der Waals surface area contributed by atoms with Crippen LogP contribution in [-0.2, 0) is 0 Å². The first kappa shape index (κ1) is 14.6. The molecule has 106 valence electrons. The van der Waals surface area contributed by atoms with Crippen molar-refractivity contribution in [2.24, 2.45) is 11.7 Å². The minimum Gasteiger partial charge on any atom is -0.502 e. The third-order valence-electron chi connectivity index (χ3n) is 3.71. The SMILES string of the molecule is COc1cc(Br)c(C2CC(CN)CN2C)c(F)c1O. The molecule has 2 atom stereocenters. The van der Waals surface area contributed by atoms with Crippen molar-refractivity contribution in [1.82, 2.24) is 4.90 Å². The highest BCUT2D eigenvalue weighted by atomic mass is 79.9. The van der Waals surface area contributed by atoms with Crippen LogP contribution in [0.5, 0.6) is 11.5 Å². The Morgan fingerprint density at radius 2 is 2.32 bits per heavy atom. The molecule has 1 aromatic rings. The topological polar surface area (TPSA) is 58.7 Å². The number of methoxy groups -OCH3 is 1. The van der Waals surface area contributed by atoms with Crippen molar-refractivity contribution in [1.29, 1.82) is 0 Å². The van der Waals surface area contributed by atoms with E-state index in [0.29, 0.717) is 22.5 Å². The molecule has 0 aliphatic carbocycles. The van der Waals surface area contributed by atoms with Crippen LogP contribution in [0.1, 0.15) is 18.0 Å². The van der Waals surface area contributed by atoms with Crippen LogP contribution < -0.4 is 10.5 Å². The molecule has 0 spiro atoms. The quantitative estimate of drug-likeness (QED) is 0.891. The van der Waals surface area contributed by atoms with Gasteiger partial charge in [-0.3, -0.25) is 4.90 Å². The molecule has 1 aromatic carbocycles. The lowest BCUT2D eigenvalue weighted by molar-refractivity contribution is 0.298. The van der Waals surface area contributed by atoms with Crippen LogP contribution in [0.25, 0.3) is 0 Å². The number of ether oxygens (including phenoxy) is 1. The van der Waals surface area contributed by atoms with Crippen molar-refractivity contribution in [2.45, 2.75) is 12.5 Å². The molecule has 1 fully saturated rings. The number of nitrogens with two attached hydrogens (primary N) is 1. The Labute approximate surface area is 120 Å². The van der Waals surface area contributed by atoms with E-state index in [4.69, 9.17) is 10.5 Å². The Balaban J connectivity index is 2.43. The van der Waals surface area contributed by atoms with Crippen LogP contribution in [0.15, 0.2) is 10.5 Å². The maximum atomic E-state index is 14.3. The molecule has 19 heavy (non-hydrogen) atoms. The lowest BCUT2D eigenvalue weighted by Gasteiger charge is -2.22. The molecule has 0 saturated carbocycles. The molecule has 3 N–H and O–H groups in total. The lowest BCUT2D eigenvalue weighted by atomic mass is 9.99. The zero-order chi connectivity index (χ0) is 14.2. The predicted molar refractivity (Wildman–Crippen MR) is 74.8 cm³/mol. The first-order chi connectivity index (χ1) is 8.99. The fourth-order valence-corrected chi connectivity index (χ4v) is 3.32. The Bertz CT molecular complexity index is 484. The van der Waals surface area contributed by atoms with E-state index >= 15 is 0 Å². The fourth-order valence-electron chi connectivity index (χ4n) is 2.68. The van der Waals surface area contributed by atoms with Gasteiger partial charge in [-0.1, -0.05) is 15.9 Å². The molecular weight excluding hydrogens is 315 g/mol. The molecule has 0 radical (unpaired) electrons. The summed E-state index contributed by atoms with van der Waals surface area (Å²) >= 11 is 3.36. The van der Waals surface area contributed by atoms with E-state index in [2.05, 4.69) is 20.8 Å². The molecule has 1 aliphatic heterocycles. The van der Waals surface area contributed by atoms with E-state index in [-0.39, 0.29) is 11.8 Å². The summed E-state index contributed by atoms with van der Waals surface area (Å²) in [7, 11) is 3.33. The van der Waals surface area contributed by atoms with Gasteiger partial charge in [-0.2, -0.15) is 0 Å². The van der Waals surface area contributed by atoms with Gasteiger partial charge in [0.1, 0.15) is 0 Å². The molecule has 4 nitrogen and oxygen atoms in total. The molecule has 0 aromatic heterocycles. The van der Waals surface area contributed by atoms with Crippen LogP contribution in [0.2, 0.25) is 0 Å². The Morgan fingerprint density at radius 1 is 1.63 bits per heavy atom. The van der Waals surface area contributed by atoms with Gasteiger partial charge in [0.2, 0.25) is 0 Å². The molecule has 1 saturated heterocycles. The first-order valence-electron chi connectivity index (χ1n) is 6.14. The molecule has 1 aliphatic rings. The summed E-state index contributed by atoms with van der Waals surface area (Å²) in [6.45, 7) is 1.42. The van der Waals surface area contributed by atoms with Crippen molar-refractivity contribution in [3.8, 4) is 11.5 Å². The third kappa shape index (κ3) is 2.57. The molecule has 6 heteroatoms. The van der Waals surface area contributed by atoms with Crippen LogP contribution in [0, 0.1) is 11.7 Å². The number of benzene rings is 1. The molecule has 2 unspecified atom stereocenters. The number of aromatic hydroxyl groups is 1. The van der Waals surface area contributed by atoms with Crippen LogP contribution >= 0.6 is 15.9 Å². The van der Waals surface area contributed by atoms with Crippen molar-refractivity contribution in [3.05, 3.63) is 21.9 Å². The molecule has 0 amide bonds. The zero-order valence-corrected chi connectivity index (χ0v) is 12.6. The van der Waals surface area contributed by atoms with E-state index < -0.39 is 11.6 Å². The normalized spacial score (nSPS) is 23.8. The Hall–Kier alpha value is -0.850. The average Bonchev–Trinajstić information content (AvgIpc) is 2.75. The highest BCUT2D eigenvalue weighted by molar-refractivity contribution is 9.10. The minimum atomic E-state index is -0.624. The van der Waals surface area contributed by atoms with Crippen molar-refractivity contribution in [3.63, 3.8) is 0 Å². The largest absolute Gasteiger partial charge is 0.502 e. The number of likely N-dealkylation sites (tertiary alicyclic amines) is 1. The third-order valence-corrected chi connectivity index (χ3v) is 4.37. The van der Waals surface area contributed by atoms with Crippen LogP contribution in [-0.4, -0.2) is 37.3 Å². The van der Waals surface area contributed by atoms with E-state index in [1.54, 1.807) is 6.07 Å². The summed E-state index contributed by atoms with van der Waals surface area (Å²) in [5.74, 6) is -0.583. The van der Waals surface area contributed by atoms with Gasteiger partial charge < -0.3 is 15.6 Å². The summed E-state index contributed by atoms with van der Waals surface area (Å²) in [5.41, 5.74) is 6.16. The van der Waals surface area contributed by atoms with Gasteiger partial charge >= 0.3 is 0 Å². The standard InChI is InChI=1S/C13H18BrFN2O2/c1-17-6-7(5-16)3-9(17)11-8(14)4-10(19-2)13(18)12(11)15/h4,7,9,18H,3,5-6,16H2,1-2H3. The van der Waals surface area contributed by atoms with Crippen LogP contribution in [0.4, 0.5) is 4.39 Å². The number of hydrogen-bond donors (Lipinski definition) is 2. The highest BCUT2D eigenvalue weighted by Gasteiger charge is 2.34. The number of rotatable bonds is 3. The molecular formula is C13H18BrFN2O2. The van der Waals surface area contributed by atoms with E-state index in [9.17, 15) is 9.50 Å². The molecule has 2 rings (SSSR count). The maximum absolute atomic E-state index is 14.3. The molecule has 0 bridgehead atoms. The highest BCUT2D eigenvalue weighted by Crippen LogP contribution is 2.44.